The first-order valence-corrected chi connectivity index (χ1v) is 9.25. The standard InChI is InChI=1S/C22H22N4O3/c1-13-5-7-20(22(24-13)17-11-14(2)25-26-17)29-18-9-10-23-16-6-8-19(27-3)21(28-4)12-15(16)18/h5,7-12H,6H2,1-4H3,(H,25,26). The highest BCUT2D eigenvalue weighted by Crippen LogP contribution is 2.36. The molecule has 1 N–H and O–H groups in total. The Morgan fingerprint density at radius 1 is 1.00 bits per heavy atom. The lowest BCUT2D eigenvalue weighted by atomic mass is 10.1. The molecule has 29 heavy (non-hydrogen) atoms. The molecular formula is C22H22N4O3. The first kappa shape index (κ1) is 18.7. The molecule has 0 bridgehead atoms. The van der Waals surface area contributed by atoms with Gasteiger partial charge in [0.25, 0.3) is 0 Å². The molecule has 0 unspecified atom stereocenters. The largest absolute Gasteiger partial charge is 0.493 e. The fraction of sp³-hybridized carbons (Fsp3) is 0.227. The Hall–Kier alpha value is -3.61. The van der Waals surface area contributed by atoms with Gasteiger partial charge in [-0.2, -0.15) is 5.10 Å². The van der Waals surface area contributed by atoms with E-state index in [9.17, 15) is 0 Å². The molecule has 0 saturated heterocycles. The lowest BCUT2D eigenvalue weighted by Gasteiger charge is -2.14. The van der Waals surface area contributed by atoms with Crippen LogP contribution in [-0.2, 0) is 15.9 Å². The van der Waals surface area contributed by atoms with Gasteiger partial charge in [-0.05, 0) is 50.3 Å². The third-order valence-corrected chi connectivity index (χ3v) is 4.64. The van der Waals surface area contributed by atoms with E-state index in [1.54, 1.807) is 20.4 Å². The minimum absolute atomic E-state index is 0.608. The van der Waals surface area contributed by atoms with Crippen LogP contribution in [0.2, 0.25) is 0 Å². The van der Waals surface area contributed by atoms with Gasteiger partial charge >= 0.3 is 0 Å². The predicted molar refractivity (Wildman–Crippen MR) is 109 cm³/mol. The SMILES string of the molecule is COC1=CCc2nccc(Oc3ccc(C)nc3-c3cc(C)[nH]n3)c2C=C1OC. The van der Waals surface area contributed by atoms with Crippen LogP contribution in [0, 0.1) is 13.8 Å². The van der Waals surface area contributed by atoms with E-state index in [2.05, 4.69) is 20.2 Å². The fourth-order valence-corrected chi connectivity index (χ4v) is 3.21. The molecule has 3 heterocycles. The number of allylic oxidation sites excluding steroid dienone is 1. The summed E-state index contributed by atoms with van der Waals surface area (Å²) in [6.07, 6.45) is 6.18. The van der Waals surface area contributed by atoms with Crippen LogP contribution in [0.25, 0.3) is 17.5 Å². The normalized spacial score (nSPS) is 13.1. The van der Waals surface area contributed by atoms with Crippen LogP contribution in [0.1, 0.15) is 22.6 Å². The minimum atomic E-state index is 0.608. The molecule has 4 rings (SSSR count). The number of nitrogens with one attached hydrogen (secondary N) is 1. The van der Waals surface area contributed by atoms with Crippen molar-refractivity contribution in [1.82, 2.24) is 20.2 Å². The van der Waals surface area contributed by atoms with Gasteiger partial charge in [0.15, 0.2) is 17.3 Å². The number of aromatic nitrogens is 4. The van der Waals surface area contributed by atoms with Gasteiger partial charge in [0.2, 0.25) is 0 Å². The Labute approximate surface area is 169 Å². The lowest BCUT2D eigenvalue weighted by molar-refractivity contribution is 0.222. The number of hydrogen-bond acceptors (Lipinski definition) is 6. The van der Waals surface area contributed by atoms with E-state index in [0.717, 1.165) is 28.3 Å². The maximum atomic E-state index is 6.32. The van der Waals surface area contributed by atoms with E-state index in [0.29, 0.717) is 35.1 Å². The lowest BCUT2D eigenvalue weighted by Crippen LogP contribution is -1.98. The van der Waals surface area contributed by atoms with Gasteiger partial charge in [0.05, 0.1) is 19.9 Å². The Kier molecular flexibility index (Phi) is 5.03. The fourth-order valence-electron chi connectivity index (χ4n) is 3.21. The van der Waals surface area contributed by atoms with Crippen LogP contribution in [-0.4, -0.2) is 34.4 Å². The molecule has 7 nitrogen and oxygen atoms in total. The van der Waals surface area contributed by atoms with Gasteiger partial charge in [-0.1, -0.05) is 0 Å². The molecule has 0 amide bonds. The van der Waals surface area contributed by atoms with Crippen molar-refractivity contribution in [1.29, 1.82) is 0 Å². The highest BCUT2D eigenvalue weighted by Gasteiger charge is 2.19. The highest BCUT2D eigenvalue weighted by molar-refractivity contribution is 5.68. The van der Waals surface area contributed by atoms with Crippen molar-refractivity contribution >= 4 is 6.08 Å². The van der Waals surface area contributed by atoms with Gasteiger partial charge in [0, 0.05) is 29.6 Å². The second kappa shape index (κ2) is 7.79. The molecule has 148 valence electrons. The van der Waals surface area contributed by atoms with Crippen LogP contribution in [0.15, 0.2) is 48.1 Å². The topological polar surface area (TPSA) is 82.2 Å². The molecule has 0 saturated carbocycles. The maximum Gasteiger partial charge on any atom is 0.161 e. The van der Waals surface area contributed by atoms with Crippen LogP contribution < -0.4 is 4.74 Å². The van der Waals surface area contributed by atoms with Crippen LogP contribution >= 0.6 is 0 Å². The Morgan fingerprint density at radius 2 is 1.83 bits per heavy atom. The molecule has 3 aromatic heterocycles. The van der Waals surface area contributed by atoms with E-state index < -0.39 is 0 Å². The first-order chi connectivity index (χ1) is 14.1. The molecule has 7 heteroatoms. The smallest absolute Gasteiger partial charge is 0.161 e. The molecule has 0 aliphatic heterocycles. The summed E-state index contributed by atoms with van der Waals surface area (Å²) >= 11 is 0. The molecular weight excluding hydrogens is 368 g/mol. The molecule has 0 radical (unpaired) electrons. The quantitative estimate of drug-likeness (QED) is 0.697. The number of pyridine rings is 2. The van der Waals surface area contributed by atoms with Gasteiger partial charge < -0.3 is 14.2 Å². The molecule has 0 aromatic carbocycles. The summed E-state index contributed by atoms with van der Waals surface area (Å²) in [4.78, 5) is 9.15. The van der Waals surface area contributed by atoms with Crippen molar-refractivity contribution in [3.05, 3.63) is 70.7 Å². The maximum absolute atomic E-state index is 6.32. The third-order valence-electron chi connectivity index (χ3n) is 4.64. The summed E-state index contributed by atoms with van der Waals surface area (Å²) < 4.78 is 17.3. The van der Waals surface area contributed by atoms with E-state index in [4.69, 9.17) is 14.2 Å². The monoisotopic (exact) mass is 390 g/mol. The summed E-state index contributed by atoms with van der Waals surface area (Å²) in [6.45, 7) is 3.89. The number of aryl methyl sites for hydroxylation is 2. The summed E-state index contributed by atoms with van der Waals surface area (Å²) in [6, 6.07) is 7.60. The van der Waals surface area contributed by atoms with Crippen molar-refractivity contribution in [2.45, 2.75) is 20.3 Å². The van der Waals surface area contributed by atoms with E-state index in [1.165, 1.54) is 0 Å². The van der Waals surface area contributed by atoms with Gasteiger partial charge in [-0.3, -0.25) is 10.1 Å². The highest BCUT2D eigenvalue weighted by atomic mass is 16.5. The van der Waals surface area contributed by atoms with Crippen LogP contribution in [0.3, 0.4) is 0 Å². The average molecular weight is 390 g/mol. The van der Waals surface area contributed by atoms with E-state index >= 15 is 0 Å². The van der Waals surface area contributed by atoms with Crippen molar-refractivity contribution in [2.24, 2.45) is 0 Å². The zero-order valence-corrected chi connectivity index (χ0v) is 16.8. The Balaban J connectivity index is 1.79. The number of H-pyrrole nitrogens is 1. The predicted octanol–water partition coefficient (Wildman–Crippen LogP) is 4.35. The van der Waals surface area contributed by atoms with Gasteiger partial charge in [-0.15, -0.1) is 0 Å². The number of aromatic amines is 1. The average Bonchev–Trinajstić information content (AvgIpc) is 3.06. The summed E-state index contributed by atoms with van der Waals surface area (Å²) in [5, 5.41) is 7.30. The summed E-state index contributed by atoms with van der Waals surface area (Å²) in [7, 11) is 3.23. The zero-order chi connectivity index (χ0) is 20.4. The Bertz CT molecular complexity index is 1110. The molecule has 0 fully saturated rings. The minimum Gasteiger partial charge on any atom is -0.493 e. The second-order valence-corrected chi connectivity index (χ2v) is 6.70. The van der Waals surface area contributed by atoms with Crippen molar-refractivity contribution in [2.75, 3.05) is 14.2 Å². The van der Waals surface area contributed by atoms with Crippen molar-refractivity contribution in [3.8, 4) is 22.9 Å². The van der Waals surface area contributed by atoms with Crippen molar-refractivity contribution < 1.29 is 14.2 Å². The van der Waals surface area contributed by atoms with Crippen LogP contribution in [0.5, 0.6) is 11.5 Å². The zero-order valence-electron chi connectivity index (χ0n) is 16.8. The molecule has 0 atom stereocenters. The number of nitrogens with zero attached hydrogens (tertiary/aromatic N) is 3. The molecule has 1 aliphatic rings. The van der Waals surface area contributed by atoms with Gasteiger partial charge in [-0.25, -0.2) is 4.98 Å². The number of rotatable bonds is 5. The summed E-state index contributed by atoms with van der Waals surface area (Å²) in [5.41, 5.74) is 4.98. The van der Waals surface area contributed by atoms with E-state index in [-0.39, 0.29) is 0 Å². The summed E-state index contributed by atoms with van der Waals surface area (Å²) in [5.74, 6) is 2.57. The Morgan fingerprint density at radius 3 is 2.55 bits per heavy atom. The third kappa shape index (κ3) is 3.71. The molecule has 1 aliphatic carbocycles. The number of fused-ring (bicyclic) bond motifs is 1. The van der Waals surface area contributed by atoms with Gasteiger partial charge in [0.1, 0.15) is 17.1 Å². The second-order valence-electron chi connectivity index (χ2n) is 6.70. The first-order valence-electron chi connectivity index (χ1n) is 9.25. The van der Waals surface area contributed by atoms with Crippen molar-refractivity contribution in [3.63, 3.8) is 0 Å². The number of ether oxygens (including phenoxy) is 3. The number of hydrogen-bond donors (Lipinski definition) is 1. The molecule has 0 spiro atoms. The molecule has 3 aromatic rings. The van der Waals surface area contributed by atoms with E-state index in [1.807, 2.05) is 50.3 Å². The van der Waals surface area contributed by atoms with Crippen LogP contribution in [0.4, 0.5) is 0 Å². The number of methoxy groups -OCH3 is 2.